The number of hydrogen-bond acceptors (Lipinski definition) is 3. The van der Waals surface area contributed by atoms with E-state index >= 15 is 0 Å². The van der Waals surface area contributed by atoms with Gasteiger partial charge in [-0.05, 0) is 35.9 Å². The summed E-state index contributed by atoms with van der Waals surface area (Å²) in [4.78, 5) is 1.97. The quantitative estimate of drug-likeness (QED) is 0.840. The van der Waals surface area contributed by atoms with Crippen molar-refractivity contribution in [1.29, 1.82) is 0 Å². The van der Waals surface area contributed by atoms with Crippen LogP contribution >= 0.6 is 0 Å². The molecule has 3 N–H and O–H groups in total. The molecule has 0 aromatic heterocycles. The van der Waals surface area contributed by atoms with Crippen molar-refractivity contribution in [3.8, 4) is 0 Å². The second-order valence-corrected chi connectivity index (χ2v) is 5.21. The zero-order valence-electron chi connectivity index (χ0n) is 12.4. The Kier molecular flexibility index (Phi) is 4.49. The number of hydrogen-bond donors (Lipinski definition) is 2. The SMILES string of the molecule is CN(C)c1ccc(CNc2cc(C(F)(F)F)ccc2N)cc1. The Morgan fingerprint density at radius 1 is 1.05 bits per heavy atom. The van der Waals surface area contributed by atoms with Gasteiger partial charge in [0.25, 0.3) is 0 Å². The van der Waals surface area contributed by atoms with Crippen molar-refractivity contribution in [3.63, 3.8) is 0 Å². The maximum Gasteiger partial charge on any atom is 0.416 e. The highest BCUT2D eigenvalue weighted by atomic mass is 19.4. The van der Waals surface area contributed by atoms with E-state index in [9.17, 15) is 13.2 Å². The van der Waals surface area contributed by atoms with E-state index in [2.05, 4.69) is 5.32 Å². The highest BCUT2D eigenvalue weighted by Gasteiger charge is 2.30. The van der Waals surface area contributed by atoms with E-state index < -0.39 is 11.7 Å². The van der Waals surface area contributed by atoms with Crippen molar-refractivity contribution < 1.29 is 13.2 Å². The van der Waals surface area contributed by atoms with Gasteiger partial charge in [-0.25, -0.2) is 0 Å². The Morgan fingerprint density at radius 2 is 1.68 bits per heavy atom. The molecular formula is C16H18F3N3. The normalized spacial score (nSPS) is 11.3. The van der Waals surface area contributed by atoms with E-state index in [0.717, 1.165) is 23.4 Å². The van der Waals surface area contributed by atoms with Crippen LogP contribution in [0.5, 0.6) is 0 Å². The van der Waals surface area contributed by atoms with Crippen LogP contribution in [-0.4, -0.2) is 14.1 Å². The fourth-order valence-electron chi connectivity index (χ4n) is 1.99. The fourth-order valence-corrected chi connectivity index (χ4v) is 1.99. The molecule has 0 aliphatic heterocycles. The number of rotatable bonds is 4. The van der Waals surface area contributed by atoms with Gasteiger partial charge in [-0.1, -0.05) is 12.1 Å². The molecule has 2 aromatic rings. The summed E-state index contributed by atoms with van der Waals surface area (Å²) in [5, 5.41) is 2.95. The highest BCUT2D eigenvalue weighted by molar-refractivity contribution is 5.67. The van der Waals surface area contributed by atoms with Crippen LogP contribution in [0.25, 0.3) is 0 Å². The standard InChI is InChI=1S/C16H18F3N3/c1-22(2)13-6-3-11(4-7-13)10-21-15-9-12(16(17,18)19)5-8-14(15)20/h3-9,21H,10,20H2,1-2H3. The predicted octanol–water partition coefficient (Wildman–Crippen LogP) is 3.97. The van der Waals surface area contributed by atoms with Crippen LogP contribution in [0.4, 0.5) is 30.2 Å². The molecule has 0 saturated heterocycles. The number of alkyl halides is 3. The highest BCUT2D eigenvalue weighted by Crippen LogP contribution is 2.33. The maximum absolute atomic E-state index is 12.7. The number of nitrogens with two attached hydrogens (primary N) is 1. The summed E-state index contributed by atoms with van der Waals surface area (Å²) in [6.45, 7) is 0.402. The third kappa shape index (κ3) is 3.84. The third-order valence-electron chi connectivity index (χ3n) is 3.32. The first-order chi connectivity index (χ1) is 10.3. The topological polar surface area (TPSA) is 41.3 Å². The number of nitrogens with one attached hydrogen (secondary N) is 1. The first-order valence-electron chi connectivity index (χ1n) is 6.74. The second-order valence-electron chi connectivity index (χ2n) is 5.21. The molecule has 0 fully saturated rings. The molecule has 2 rings (SSSR count). The number of halogens is 3. The molecule has 0 amide bonds. The lowest BCUT2D eigenvalue weighted by molar-refractivity contribution is -0.137. The minimum absolute atomic E-state index is 0.284. The van der Waals surface area contributed by atoms with Crippen molar-refractivity contribution in [2.24, 2.45) is 0 Å². The lowest BCUT2D eigenvalue weighted by Crippen LogP contribution is -2.09. The van der Waals surface area contributed by atoms with Crippen molar-refractivity contribution >= 4 is 17.1 Å². The van der Waals surface area contributed by atoms with Gasteiger partial charge in [-0.2, -0.15) is 13.2 Å². The van der Waals surface area contributed by atoms with Gasteiger partial charge in [0.2, 0.25) is 0 Å². The maximum atomic E-state index is 12.7. The van der Waals surface area contributed by atoms with Crippen LogP contribution in [0.2, 0.25) is 0 Å². The molecule has 0 aliphatic rings. The molecule has 0 bridgehead atoms. The van der Waals surface area contributed by atoms with Gasteiger partial charge in [0.15, 0.2) is 0 Å². The molecule has 0 radical (unpaired) electrons. The van der Waals surface area contributed by atoms with Gasteiger partial charge in [0.1, 0.15) is 0 Å². The number of nitrogens with zero attached hydrogens (tertiary/aromatic N) is 1. The van der Waals surface area contributed by atoms with Gasteiger partial charge in [0, 0.05) is 26.3 Å². The fraction of sp³-hybridized carbons (Fsp3) is 0.250. The van der Waals surface area contributed by atoms with E-state index in [4.69, 9.17) is 5.73 Å². The molecule has 0 atom stereocenters. The minimum atomic E-state index is -4.38. The third-order valence-corrected chi connectivity index (χ3v) is 3.32. The Morgan fingerprint density at radius 3 is 2.23 bits per heavy atom. The molecular weight excluding hydrogens is 291 g/mol. The zero-order chi connectivity index (χ0) is 16.3. The van der Waals surface area contributed by atoms with Crippen LogP contribution < -0.4 is 16.0 Å². The van der Waals surface area contributed by atoms with Crippen LogP contribution in [0.3, 0.4) is 0 Å². The number of nitrogen functional groups attached to an aromatic ring is 1. The molecule has 0 saturated carbocycles. The molecule has 0 heterocycles. The Balaban J connectivity index is 2.11. The van der Waals surface area contributed by atoms with Crippen LogP contribution in [-0.2, 0) is 12.7 Å². The molecule has 0 unspecified atom stereocenters. The lowest BCUT2D eigenvalue weighted by atomic mass is 10.1. The summed E-state index contributed by atoms with van der Waals surface area (Å²) >= 11 is 0. The van der Waals surface area contributed by atoms with Crippen molar-refractivity contribution in [2.45, 2.75) is 12.7 Å². The van der Waals surface area contributed by atoms with Gasteiger partial charge in [-0.15, -0.1) is 0 Å². The Bertz CT molecular complexity index is 634. The zero-order valence-corrected chi connectivity index (χ0v) is 12.4. The summed E-state index contributed by atoms with van der Waals surface area (Å²) in [7, 11) is 3.88. The van der Waals surface area contributed by atoms with Crippen LogP contribution in [0.1, 0.15) is 11.1 Å². The molecule has 0 aliphatic carbocycles. The van der Waals surface area contributed by atoms with Gasteiger partial charge >= 0.3 is 6.18 Å². The average molecular weight is 309 g/mol. The summed E-state index contributed by atoms with van der Waals surface area (Å²) < 4.78 is 38.1. The lowest BCUT2D eigenvalue weighted by Gasteiger charge is -2.15. The predicted molar refractivity (Wildman–Crippen MR) is 84.0 cm³/mol. The molecule has 6 heteroatoms. The number of anilines is 3. The average Bonchev–Trinajstić information content (AvgIpc) is 2.45. The van der Waals surface area contributed by atoms with Crippen molar-refractivity contribution in [3.05, 3.63) is 53.6 Å². The molecule has 3 nitrogen and oxygen atoms in total. The molecule has 2 aromatic carbocycles. The smallest absolute Gasteiger partial charge is 0.397 e. The van der Waals surface area contributed by atoms with E-state index in [-0.39, 0.29) is 11.4 Å². The number of benzene rings is 2. The summed E-state index contributed by atoms with van der Waals surface area (Å²) in [6.07, 6.45) is -4.38. The van der Waals surface area contributed by atoms with E-state index in [1.54, 1.807) is 0 Å². The van der Waals surface area contributed by atoms with Gasteiger partial charge < -0.3 is 16.0 Å². The van der Waals surface area contributed by atoms with E-state index in [1.807, 2.05) is 43.3 Å². The van der Waals surface area contributed by atoms with Crippen molar-refractivity contribution in [1.82, 2.24) is 0 Å². The Hall–Kier alpha value is -2.37. The largest absolute Gasteiger partial charge is 0.416 e. The van der Waals surface area contributed by atoms with Crippen LogP contribution in [0, 0.1) is 0 Å². The van der Waals surface area contributed by atoms with E-state index in [1.165, 1.54) is 6.07 Å². The Labute approximate surface area is 127 Å². The molecule has 0 spiro atoms. The molecule has 22 heavy (non-hydrogen) atoms. The summed E-state index contributed by atoms with van der Waals surface area (Å²) in [6, 6.07) is 11.0. The monoisotopic (exact) mass is 309 g/mol. The van der Waals surface area contributed by atoms with Crippen molar-refractivity contribution in [2.75, 3.05) is 30.0 Å². The van der Waals surface area contributed by atoms with Gasteiger partial charge in [-0.3, -0.25) is 0 Å². The first-order valence-corrected chi connectivity index (χ1v) is 6.74. The van der Waals surface area contributed by atoms with Crippen LogP contribution in [0.15, 0.2) is 42.5 Å². The van der Waals surface area contributed by atoms with Gasteiger partial charge in [0.05, 0.1) is 16.9 Å². The van der Waals surface area contributed by atoms with E-state index in [0.29, 0.717) is 6.54 Å². The molecule has 118 valence electrons. The second kappa shape index (κ2) is 6.17. The minimum Gasteiger partial charge on any atom is -0.397 e. The summed E-state index contributed by atoms with van der Waals surface area (Å²) in [5.41, 5.74) is 7.60. The first kappa shape index (κ1) is 16.0. The summed E-state index contributed by atoms with van der Waals surface area (Å²) in [5.74, 6) is 0.